The smallest absolute Gasteiger partial charge is 0.315 e. The van der Waals surface area contributed by atoms with Gasteiger partial charge >= 0.3 is 12.0 Å². The summed E-state index contributed by atoms with van der Waals surface area (Å²) in [5, 5.41) is 13.9. The molecule has 2 aliphatic rings. The molecule has 114 valence electrons. The molecule has 3 unspecified atom stereocenters. The van der Waals surface area contributed by atoms with Crippen LogP contribution in [0.5, 0.6) is 0 Å². The van der Waals surface area contributed by atoms with Crippen molar-refractivity contribution in [2.45, 2.75) is 50.4 Å². The van der Waals surface area contributed by atoms with E-state index in [0.29, 0.717) is 13.2 Å². The first-order valence-corrected chi connectivity index (χ1v) is 7.10. The number of hydrogen-bond acceptors (Lipinski definition) is 4. The minimum Gasteiger partial charge on any atom is -0.481 e. The first-order chi connectivity index (χ1) is 9.58. The zero-order valence-corrected chi connectivity index (χ0v) is 11.7. The Morgan fingerprint density at radius 3 is 2.90 bits per heavy atom. The molecule has 0 aromatic heterocycles. The van der Waals surface area contributed by atoms with Crippen molar-refractivity contribution in [3.05, 3.63) is 0 Å². The predicted molar refractivity (Wildman–Crippen MR) is 70.5 cm³/mol. The van der Waals surface area contributed by atoms with Crippen LogP contribution in [-0.2, 0) is 14.3 Å². The van der Waals surface area contributed by atoms with Crippen molar-refractivity contribution in [1.29, 1.82) is 0 Å². The number of urea groups is 1. The Hall–Kier alpha value is -1.34. The molecule has 1 heterocycles. The lowest BCUT2D eigenvalue weighted by molar-refractivity contribution is -0.194. The molecule has 0 bridgehead atoms. The van der Waals surface area contributed by atoms with Gasteiger partial charge in [-0.1, -0.05) is 0 Å². The molecule has 1 saturated carbocycles. The van der Waals surface area contributed by atoms with Gasteiger partial charge in [0.2, 0.25) is 0 Å². The second kappa shape index (κ2) is 6.41. The molecule has 0 radical (unpaired) electrons. The number of rotatable bonds is 6. The second-order valence-corrected chi connectivity index (χ2v) is 5.18. The van der Waals surface area contributed by atoms with Gasteiger partial charge in [-0.05, 0) is 26.2 Å². The van der Waals surface area contributed by atoms with Gasteiger partial charge in [0.1, 0.15) is 5.60 Å². The van der Waals surface area contributed by atoms with Crippen LogP contribution in [0.1, 0.15) is 32.6 Å². The predicted octanol–water partition coefficient (Wildman–Crippen LogP) is 0.487. The highest BCUT2D eigenvalue weighted by Gasteiger charge is 2.59. The van der Waals surface area contributed by atoms with Gasteiger partial charge in [0.05, 0.1) is 18.6 Å². The third kappa shape index (κ3) is 3.04. The van der Waals surface area contributed by atoms with E-state index in [2.05, 4.69) is 10.6 Å². The molecule has 2 rings (SSSR count). The van der Waals surface area contributed by atoms with Crippen molar-refractivity contribution >= 4 is 12.0 Å². The number of carbonyl (C=O) groups excluding carboxylic acids is 1. The quantitative estimate of drug-likeness (QED) is 0.660. The van der Waals surface area contributed by atoms with Gasteiger partial charge in [-0.2, -0.15) is 0 Å². The highest BCUT2D eigenvalue weighted by molar-refractivity contribution is 5.75. The number of nitrogens with one attached hydrogen (secondary N) is 2. The number of hydrogen-bond donors (Lipinski definition) is 3. The number of carbonyl (C=O) groups is 2. The SMILES string of the molecule is CCOC1CC(NC(=O)NCCC(=O)O)C12CCCO2. The molecule has 2 fully saturated rings. The van der Waals surface area contributed by atoms with E-state index in [4.69, 9.17) is 14.6 Å². The molecule has 1 saturated heterocycles. The van der Waals surface area contributed by atoms with Crippen molar-refractivity contribution in [3.63, 3.8) is 0 Å². The molecule has 1 aliphatic carbocycles. The number of amides is 2. The van der Waals surface area contributed by atoms with Gasteiger partial charge in [0.15, 0.2) is 0 Å². The monoisotopic (exact) mass is 286 g/mol. The molecular weight excluding hydrogens is 264 g/mol. The van der Waals surface area contributed by atoms with Crippen molar-refractivity contribution in [2.75, 3.05) is 19.8 Å². The number of carboxylic acid groups (broad SMARTS) is 1. The molecule has 1 aliphatic heterocycles. The molecule has 3 atom stereocenters. The topological polar surface area (TPSA) is 96.9 Å². The molecule has 1 spiro atoms. The summed E-state index contributed by atoms with van der Waals surface area (Å²) >= 11 is 0. The summed E-state index contributed by atoms with van der Waals surface area (Å²) in [6.07, 6.45) is 2.56. The van der Waals surface area contributed by atoms with Crippen LogP contribution >= 0.6 is 0 Å². The van der Waals surface area contributed by atoms with E-state index in [0.717, 1.165) is 19.3 Å². The highest BCUT2D eigenvalue weighted by Crippen LogP contribution is 2.45. The van der Waals surface area contributed by atoms with Crippen LogP contribution in [0.15, 0.2) is 0 Å². The fourth-order valence-electron chi connectivity index (χ4n) is 2.97. The van der Waals surface area contributed by atoms with E-state index >= 15 is 0 Å². The van der Waals surface area contributed by atoms with Gasteiger partial charge in [-0.25, -0.2) is 4.79 Å². The zero-order chi connectivity index (χ0) is 14.6. The summed E-state index contributed by atoms with van der Waals surface area (Å²) in [5.74, 6) is -0.930. The first kappa shape index (κ1) is 15.1. The highest BCUT2D eigenvalue weighted by atomic mass is 16.6. The van der Waals surface area contributed by atoms with Gasteiger partial charge in [-0.15, -0.1) is 0 Å². The molecule has 2 amide bonds. The number of ether oxygens (including phenoxy) is 2. The number of carboxylic acids is 1. The molecule has 0 aromatic rings. The Morgan fingerprint density at radius 1 is 1.50 bits per heavy atom. The molecule has 0 aromatic carbocycles. The molecule has 7 nitrogen and oxygen atoms in total. The third-order valence-corrected chi connectivity index (χ3v) is 3.96. The Kier molecular flexibility index (Phi) is 4.82. The average Bonchev–Trinajstić information content (AvgIpc) is 2.89. The summed E-state index contributed by atoms with van der Waals surface area (Å²) in [6.45, 7) is 3.40. The Morgan fingerprint density at radius 2 is 2.30 bits per heavy atom. The van der Waals surface area contributed by atoms with Crippen LogP contribution in [0, 0.1) is 0 Å². The fourth-order valence-corrected chi connectivity index (χ4v) is 2.97. The summed E-state index contributed by atoms with van der Waals surface area (Å²) in [4.78, 5) is 22.1. The van der Waals surface area contributed by atoms with E-state index in [1.807, 2.05) is 6.92 Å². The molecular formula is C13H22N2O5. The number of aliphatic carboxylic acids is 1. The van der Waals surface area contributed by atoms with E-state index in [1.165, 1.54) is 0 Å². The summed E-state index contributed by atoms with van der Waals surface area (Å²) in [7, 11) is 0. The summed E-state index contributed by atoms with van der Waals surface area (Å²) in [5.41, 5.74) is -0.389. The van der Waals surface area contributed by atoms with E-state index in [-0.39, 0.29) is 36.7 Å². The lowest BCUT2D eigenvalue weighted by Gasteiger charge is -2.52. The van der Waals surface area contributed by atoms with Crippen LogP contribution in [0.4, 0.5) is 4.79 Å². The van der Waals surface area contributed by atoms with Gasteiger partial charge in [0.25, 0.3) is 0 Å². The lowest BCUT2D eigenvalue weighted by atomic mass is 9.70. The maximum Gasteiger partial charge on any atom is 0.315 e. The van der Waals surface area contributed by atoms with Crippen LogP contribution in [0.3, 0.4) is 0 Å². The van der Waals surface area contributed by atoms with Gasteiger partial charge in [-0.3, -0.25) is 4.79 Å². The maximum absolute atomic E-state index is 11.7. The molecule has 7 heteroatoms. The van der Waals surface area contributed by atoms with Crippen molar-refractivity contribution < 1.29 is 24.2 Å². The summed E-state index contributed by atoms with van der Waals surface area (Å²) in [6, 6.07) is -0.410. The van der Waals surface area contributed by atoms with Gasteiger partial charge in [0, 0.05) is 19.8 Å². The van der Waals surface area contributed by atoms with E-state index in [1.54, 1.807) is 0 Å². The lowest BCUT2D eigenvalue weighted by Crippen LogP contribution is -2.70. The van der Waals surface area contributed by atoms with Crippen LogP contribution < -0.4 is 10.6 Å². The minimum atomic E-state index is -0.930. The average molecular weight is 286 g/mol. The normalized spacial score (nSPS) is 31.9. The minimum absolute atomic E-state index is 0.0410. The van der Waals surface area contributed by atoms with E-state index in [9.17, 15) is 9.59 Å². The summed E-state index contributed by atoms with van der Waals surface area (Å²) < 4.78 is 11.5. The van der Waals surface area contributed by atoms with Crippen molar-refractivity contribution in [3.8, 4) is 0 Å². The van der Waals surface area contributed by atoms with Gasteiger partial charge < -0.3 is 25.2 Å². The first-order valence-electron chi connectivity index (χ1n) is 7.10. The third-order valence-electron chi connectivity index (χ3n) is 3.96. The van der Waals surface area contributed by atoms with Crippen LogP contribution in [-0.4, -0.2) is 54.6 Å². The van der Waals surface area contributed by atoms with Crippen LogP contribution in [0.25, 0.3) is 0 Å². The molecule has 20 heavy (non-hydrogen) atoms. The van der Waals surface area contributed by atoms with E-state index < -0.39 is 5.97 Å². The largest absolute Gasteiger partial charge is 0.481 e. The maximum atomic E-state index is 11.7. The van der Waals surface area contributed by atoms with Crippen molar-refractivity contribution in [1.82, 2.24) is 10.6 Å². The fraction of sp³-hybridized carbons (Fsp3) is 0.846. The zero-order valence-electron chi connectivity index (χ0n) is 11.7. The Balaban J connectivity index is 1.81. The molecule has 3 N–H and O–H groups in total. The second-order valence-electron chi connectivity index (χ2n) is 5.18. The Labute approximate surface area is 118 Å². The Bertz CT molecular complexity index is 368. The van der Waals surface area contributed by atoms with Crippen LogP contribution in [0.2, 0.25) is 0 Å². The van der Waals surface area contributed by atoms with Crippen molar-refractivity contribution in [2.24, 2.45) is 0 Å². The standard InChI is InChI=1S/C13H22N2O5/c1-2-19-10-8-9(13(10)5-3-7-20-13)15-12(18)14-6-4-11(16)17/h9-10H,2-8H2,1H3,(H,16,17)(H2,14,15,18).